The zero-order valence-electron chi connectivity index (χ0n) is 12.7. The molecule has 0 unspecified atom stereocenters. The third-order valence-corrected chi connectivity index (χ3v) is 5.88. The van der Waals surface area contributed by atoms with Crippen LogP contribution >= 0.6 is 11.3 Å². The van der Waals surface area contributed by atoms with Crippen molar-refractivity contribution >= 4 is 16.5 Å². The van der Waals surface area contributed by atoms with Crippen LogP contribution in [-0.2, 0) is 6.54 Å². The molecule has 0 bridgehead atoms. The van der Waals surface area contributed by atoms with E-state index in [9.17, 15) is 0 Å². The first kappa shape index (κ1) is 14.3. The van der Waals surface area contributed by atoms with Gasteiger partial charge in [-0.15, -0.1) is 11.3 Å². The van der Waals surface area contributed by atoms with E-state index in [-0.39, 0.29) is 0 Å². The van der Waals surface area contributed by atoms with Gasteiger partial charge in [0.25, 0.3) is 0 Å². The van der Waals surface area contributed by atoms with Crippen molar-refractivity contribution in [2.75, 3.05) is 18.0 Å². The van der Waals surface area contributed by atoms with Crippen LogP contribution in [0.3, 0.4) is 0 Å². The minimum atomic E-state index is 0.748. The van der Waals surface area contributed by atoms with Gasteiger partial charge >= 0.3 is 0 Å². The molecule has 0 amide bonds. The largest absolute Gasteiger partial charge is 0.348 e. The number of nitrogens with one attached hydrogen (secondary N) is 1. The van der Waals surface area contributed by atoms with Gasteiger partial charge in [0, 0.05) is 30.6 Å². The van der Waals surface area contributed by atoms with Crippen LogP contribution in [0.25, 0.3) is 0 Å². The second kappa shape index (κ2) is 6.90. The maximum atomic E-state index is 4.83. The van der Waals surface area contributed by atoms with Crippen LogP contribution in [0.15, 0.2) is 0 Å². The highest BCUT2D eigenvalue weighted by Crippen LogP contribution is 2.28. The Morgan fingerprint density at radius 3 is 2.50 bits per heavy atom. The summed E-state index contributed by atoms with van der Waals surface area (Å²) in [6, 6.07) is 0.748. The third kappa shape index (κ3) is 3.53. The van der Waals surface area contributed by atoms with Gasteiger partial charge in [0.1, 0.15) is 0 Å². The van der Waals surface area contributed by atoms with Crippen molar-refractivity contribution in [3.05, 3.63) is 10.6 Å². The molecule has 2 fully saturated rings. The third-order valence-electron chi connectivity index (χ3n) is 4.66. The molecule has 1 N–H and O–H groups in total. The van der Waals surface area contributed by atoms with E-state index in [1.807, 2.05) is 11.3 Å². The molecule has 3 rings (SSSR count). The van der Waals surface area contributed by atoms with Gasteiger partial charge in [0.15, 0.2) is 5.13 Å². The fourth-order valence-electron chi connectivity index (χ4n) is 3.34. The second-order valence-electron chi connectivity index (χ2n) is 6.27. The molecule has 1 saturated carbocycles. The molecule has 2 heterocycles. The number of anilines is 1. The molecule has 3 nitrogen and oxygen atoms in total. The smallest absolute Gasteiger partial charge is 0.185 e. The van der Waals surface area contributed by atoms with E-state index < -0.39 is 0 Å². The molecule has 1 aromatic rings. The summed E-state index contributed by atoms with van der Waals surface area (Å²) in [6.45, 7) is 5.58. The number of thiazole rings is 1. The molecule has 112 valence electrons. The van der Waals surface area contributed by atoms with Gasteiger partial charge in [-0.1, -0.05) is 25.7 Å². The maximum Gasteiger partial charge on any atom is 0.185 e. The van der Waals surface area contributed by atoms with E-state index in [2.05, 4.69) is 17.1 Å². The Hall–Kier alpha value is -0.610. The Kier molecular flexibility index (Phi) is 4.94. The van der Waals surface area contributed by atoms with Gasteiger partial charge in [-0.25, -0.2) is 4.98 Å². The van der Waals surface area contributed by atoms with Gasteiger partial charge in [-0.3, -0.25) is 0 Å². The lowest BCUT2D eigenvalue weighted by Gasteiger charge is -2.18. The summed E-state index contributed by atoms with van der Waals surface area (Å²) in [5, 5.41) is 4.98. The van der Waals surface area contributed by atoms with Crippen molar-refractivity contribution < 1.29 is 0 Å². The van der Waals surface area contributed by atoms with Gasteiger partial charge in [-0.2, -0.15) is 0 Å². The lowest BCUT2D eigenvalue weighted by molar-refractivity contribution is 0.526. The first-order valence-corrected chi connectivity index (χ1v) is 9.09. The van der Waals surface area contributed by atoms with Gasteiger partial charge < -0.3 is 10.2 Å². The Bertz CT molecular complexity index is 415. The van der Waals surface area contributed by atoms with Gasteiger partial charge in [0.05, 0.1) is 5.69 Å². The van der Waals surface area contributed by atoms with Crippen molar-refractivity contribution in [2.24, 2.45) is 0 Å². The van der Waals surface area contributed by atoms with Crippen molar-refractivity contribution in [2.45, 2.75) is 70.9 Å². The highest BCUT2D eigenvalue weighted by molar-refractivity contribution is 7.15. The fourth-order valence-corrected chi connectivity index (χ4v) is 4.40. The quantitative estimate of drug-likeness (QED) is 0.913. The second-order valence-corrected chi connectivity index (χ2v) is 7.33. The molecule has 1 saturated heterocycles. The number of aryl methyl sites for hydroxylation is 1. The Morgan fingerprint density at radius 1 is 1.10 bits per heavy atom. The number of hydrogen-bond donors (Lipinski definition) is 1. The van der Waals surface area contributed by atoms with Crippen molar-refractivity contribution in [1.29, 1.82) is 0 Å². The van der Waals surface area contributed by atoms with Crippen LogP contribution < -0.4 is 10.2 Å². The molecule has 20 heavy (non-hydrogen) atoms. The predicted molar refractivity (Wildman–Crippen MR) is 86.6 cm³/mol. The van der Waals surface area contributed by atoms with Crippen LogP contribution in [-0.4, -0.2) is 24.1 Å². The van der Waals surface area contributed by atoms with Crippen molar-refractivity contribution in [3.63, 3.8) is 0 Å². The minimum Gasteiger partial charge on any atom is -0.348 e. The van der Waals surface area contributed by atoms with E-state index in [1.54, 1.807) is 0 Å². The summed E-state index contributed by atoms with van der Waals surface area (Å²) in [5.41, 5.74) is 1.24. The number of hydrogen-bond acceptors (Lipinski definition) is 4. The summed E-state index contributed by atoms with van der Waals surface area (Å²) < 4.78 is 0. The Balaban J connectivity index is 1.60. The first-order valence-electron chi connectivity index (χ1n) is 8.27. The van der Waals surface area contributed by atoms with Crippen LogP contribution in [0.1, 0.15) is 61.9 Å². The zero-order valence-corrected chi connectivity index (χ0v) is 13.5. The fraction of sp³-hybridized carbons (Fsp3) is 0.812. The Morgan fingerprint density at radius 2 is 1.80 bits per heavy atom. The highest BCUT2D eigenvalue weighted by atomic mass is 32.1. The molecule has 0 spiro atoms. The van der Waals surface area contributed by atoms with E-state index in [0.717, 1.165) is 12.6 Å². The summed E-state index contributed by atoms with van der Waals surface area (Å²) in [4.78, 5) is 8.77. The van der Waals surface area contributed by atoms with Gasteiger partial charge in [-0.05, 0) is 32.6 Å². The van der Waals surface area contributed by atoms with Gasteiger partial charge in [0.2, 0.25) is 0 Å². The summed E-state index contributed by atoms with van der Waals surface area (Å²) in [7, 11) is 0. The lowest BCUT2D eigenvalue weighted by atomic mass is 10.2. The molecule has 0 radical (unpaired) electrons. The molecule has 4 heteroatoms. The average molecular weight is 293 g/mol. The monoisotopic (exact) mass is 293 g/mol. The van der Waals surface area contributed by atoms with E-state index >= 15 is 0 Å². The summed E-state index contributed by atoms with van der Waals surface area (Å²) in [5.74, 6) is 0. The molecule has 0 aromatic carbocycles. The van der Waals surface area contributed by atoms with Crippen molar-refractivity contribution in [1.82, 2.24) is 10.3 Å². The van der Waals surface area contributed by atoms with Crippen LogP contribution in [0, 0.1) is 6.92 Å². The standard InChI is InChI=1S/C16H27N3S/c1-13-15(12-17-14-8-4-5-9-14)20-16(18-13)19-10-6-2-3-7-11-19/h14,17H,2-12H2,1H3. The Labute approximate surface area is 126 Å². The number of rotatable bonds is 4. The summed E-state index contributed by atoms with van der Waals surface area (Å²) >= 11 is 1.91. The average Bonchev–Trinajstić information content (AvgIpc) is 2.99. The number of nitrogens with zero attached hydrogens (tertiary/aromatic N) is 2. The van der Waals surface area contributed by atoms with Crippen LogP contribution in [0.5, 0.6) is 0 Å². The molecule has 1 aliphatic heterocycles. The predicted octanol–water partition coefficient (Wildman–Crippen LogP) is 3.86. The van der Waals surface area contributed by atoms with E-state index in [4.69, 9.17) is 4.98 Å². The molecular weight excluding hydrogens is 266 g/mol. The summed E-state index contributed by atoms with van der Waals surface area (Å²) in [6.07, 6.45) is 10.9. The SMILES string of the molecule is Cc1nc(N2CCCCCC2)sc1CNC1CCCC1. The number of aromatic nitrogens is 1. The highest BCUT2D eigenvalue weighted by Gasteiger charge is 2.18. The van der Waals surface area contributed by atoms with Crippen molar-refractivity contribution in [3.8, 4) is 0 Å². The molecule has 2 aliphatic rings. The first-order chi connectivity index (χ1) is 9.83. The van der Waals surface area contributed by atoms with E-state index in [0.29, 0.717) is 0 Å². The van der Waals surface area contributed by atoms with Crippen LogP contribution in [0.2, 0.25) is 0 Å². The van der Waals surface area contributed by atoms with Crippen LogP contribution in [0.4, 0.5) is 5.13 Å². The molecule has 1 aliphatic carbocycles. The topological polar surface area (TPSA) is 28.2 Å². The minimum absolute atomic E-state index is 0.748. The molecule has 1 aromatic heterocycles. The molecular formula is C16H27N3S. The molecule has 0 atom stereocenters. The normalized spacial score (nSPS) is 21.4. The maximum absolute atomic E-state index is 4.83. The zero-order chi connectivity index (χ0) is 13.8. The lowest BCUT2D eigenvalue weighted by Crippen LogP contribution is -2.25. The van der Waals surface area contributed by atoms with E-state index in [1.165, 1.54) is 80.2 Å².